The number of likely N-dealkylation sites (tertiary alicyclic amines) is 1. The standard InChI is InChI=1S/C12H19F3N2O4S/c1-9(12(13,14)15)22(20,21)16-10(18)8-17-7-5-3-2-4-6-11(17)19/h9H,2-8H2,1H3,(H,16,18). The summed E-state index contributed by atoms with van der Waals surface area (Å²) in [6, 6.07) is 0. The molecule has 6 nitrogen and oxygen atoms in total. The summed E-state index contributed by atoms with van der Waals surface area (Å²) in [5.74, 6) is -1.43. The molecule has 1 aliphatic rings. The van der Waals surface area contributed by atoms with Gasteiger partial charge in [-0.3, -0.25) is 14.3 Å². The largest absolute Gasteiger partial charge is 0.407 e. The van der Waals surface area contributed by atoms with Crippen LogP contribution in [-0.4, -0.2) is 49.6 Å². The minimum absolute atomic E-state index is 0.249. The van der Waals surface area contributed by atoms with Gasteiger partial charge in [-0.2, -0.15) is 13.2 Å². The molecule has 0 radical (unpaired) electrons. The van der Waals surface area contributed by atoms with E-state index in [9.17, 15) is 31.2 Å². The number of hydrogen-bond donors (Lipinski definition) is 1. The molecule has 0 spiro atoms. The van der Waals surface area contributed by atoms with Crippen LogP contribution in [-0.2, 0) is 19.6 Å². The summed E-state index contributed by atoms with van der Waals surface area (Å²) in [7, 11) is -4.86. The van der Waals surface area contributed by atoms with E-state index >= 15 is 0 Å². The van der Waals surface area contributed by atoms with Crippen LogP contribution >= 0.6 is 0 Å². The smallest absolute Gasteiger partial charge is 0.333 e. The second-order valence-electron chi connectivity index (χ2n) is 5.23. The lowest BCUT2D eigenvalue weighted by Gasteiger charge is -2.24. The van der Waals surface area contributed by atoms with Crippen LogP contribution < -0.4 is 4.72 Å². The van der Waals surface area contributed by atoms with E-state index in [1.54, 1.807) is 0 Å². The van der Waals surface area contributed by atoms with Crippen molar-refractivity contribution in [1.82, 2.24) is 9.62 Å². The predicted molar refractivity (Wildman–Crippen MR) is 72.2 cm³/mol. The van der Waals surface area contributed by atoms with Gasteiger partial charge in [-0.25, -0.2) is 8.42 Å². The Hall–Kier alpha value is -1.32. The zero-order valence-electron chi connectivity index (χ0n) is 12.1. The molecule has 0 saturated carbocycles. The Balaban J connectivity index is 2.66. The van der Waals surface area contributed by atoms with Gasteiger partial charge in [-0.1, -0.05) is 12.8 Å². The molecule has 1 rings (SSSR count). The number of sulfonamides is 1. The lowest BCUT2D eigenvalue weighted by molar-refractivity contribution is -0.136. The highest BCUT2D eigenvalue weighted by molar-refractivity contribution is 7.90. The van der Waals surface area contributed by atoms with E-state index in [1.807, 2.05) is 0 Å². The van der Waals surface area contributed by atoms with Crippen LogP contribution in [0.25, 0.3) is 0 Å². The second-order valence-corrected chi connectivity index (χ2v) is 7.23. The molecule has 0 aliphatic carbocycles. The SMILES string of the molecule is CC(C(F)(F)F)S(=O)(=O)NC(=O)CN1CCCCCCC1=O. The first-order valence-electron chi connectivity index (χ1n) is 6.93. The van der Waals surface area contributed by atoms with Crippen LogP contribution in [0.3, 0.4) is 0 Å². The Kier molecular flexibility index (Phi) is 6.21. The average molecular weight is 344 g/mol. The van der Waals surface area contributed by atoms with Crippen molar-refractivity contribution in [2.75, 3.05) is 13.1 Å². The first-order chi connectivity index (χ1) is 10.0. The maximum absolute atomic E-state index is 12.4. The van der Waals surface area contributed by atoms with E-state index in [0.29, 0.717) is 26.3 Å². The average Bonchev–Trinajstić information content (AvgIpc) is 2.36. The van der Waals surface area contributed by atoms with Crippen molar-refractivity contribution in [3.05, 3.63) is 0 Å². The first kappa shape index (κ1) is 18.7. The van der Waals surface area contributed by atoms with Crippen LogP contribution in [0.2, 0.25) is 0 Å². The summed E-state index contributed by atoms with van der Waals surface area (Å²) in [5.41, 5.74) is 0. The molecular weight excluding hydrogens is 325 g/mol. The summed E-state index contributed by atoms with van der Waals surface area (Å²) >= 11 is 0. The lowest BCUT2D eigenvalue weighted by Crippen LogP contribution is -2.48. The monoisotopic (exact) mass is 344 g/mol. The second kappa shape index (κ2) is 7.30. The van der Waals surface area contributed by atoms with Gasteiger partial charge < -0.3 is 4.90 Å². The summed E-state index contributed by atoms with van der Waals surface area (Å²) in [5, 5.41) is -2.70. The number of nitrogens with zero attached hydrogens (tertiary/aromatic N) is 1. The Bertz CT molecular complexity index is 519. The predicted octanol–water partition coefficient (Wildman–Crippen LogP) is 1.18. The number of nitrogens with one attached hydrogen (secondary N) is 1. The quantitative estimate of drug-likeness (QED) is 0.830. The number of carbonyl (C=O) groups excluding carboxylic acids is 2. The highest BCUT2D eigenvalue weighted by Gasteiger charge is 2.45. The van der Waals surface area contributed by atoms with Gasteiger partial charge >= 0.3 is 6.18 Å². The summed E-state index contributed by atoms with van der Waals surface area (Å²) < 4.78 is 61.6. The molecule has 22 heavy (non-hydrogen) atoms. The molecule has 0 bridgehead atoms. The third kappa shape index (κ3) is 5.47. The molecule has 1 atom stereocenters. The summed E-state index contributed by atoms with van der Waals surface area (Å²) in [4.78, 5) is 24.6. The molecule has 1 aliphatic heterocycles. The maximum atomic E-state index is 12.4. The molecule has 128 valence electrons. The summed E-state index contributed by atoms with van der Waals surface area (Å²) in [6.07, 6.45) is -1.58. The molecule has 1 unspecified atom stereocenters. The van der Waals surface area contributed by atoms with Crippen molar-refractivity contribution in [3.63, 3.8) is 0 Å². The molecule has 2 amide bonds. The number of amides is 2. The van der Waals surface area contributed by atoms with Gasteiger partial charge in [0.1, 0.15) is 6.54 Å². The Morgan fingerprint density at radius 3 is 2.45 bits per heavy atom. The first-order valence-corrected chi connectivity index (χ1v) is 8.47. The molecule has 0 aromatic heterocycles. The number of halogens is 3. The fourth-order valence-electron chi connectivity index (χ4n) is 2.01. The maximum Gasteiger partial charge on any atom is 0.407 e. The van der Waals surface area contributed by atoms with E-state index in [4.69, 9.17) is 0 Å². The van der Waals surface area contributed by atoms with Gasteiger partial charge in [0.15, 0.2) is 5.25 Å². The lowest BCUT2D eigenvalue weighted by atomic mass is 10.1. The molecule has 1 N–H and O–H groups in total. The highest BCUT2D eigenvalue weighted by atomic mass is 32.2. The van der Waals surface area contributed by atoms with Crippen LogP contribution in [0.1, 0.15) is 39.0 Å². The Labute approximate surface area is 127 Å². The van der Waals surface area contributed by atoms with Crippen molar-refractivity contribution in [3.8, 4) is 0 Å². The fraction of sp³-hybridized carbons (Fsp3) is 0.833. The molecule has 1 saturated heterocycles. The molecule has 1 fully saturated rings. The van der Waals surface area contributed by atoms with Gasteiger partial charge in [0, 0.05) is 13.0 Å². The molecule has 10 heteroatoms. The van der Waals surface area contributed by atoms with Crippen molar-refractivity contribution in [2.45, 2.75) is 50.5 Å². The van der Waals surface area contributed by atoms with E-state index < -0.39 is 33.9 Å². The van der Waals surface area contributed by atoms with Crippen molar-refractivity contribution < 1.29 is 31.2 Å². The Morgan fingerprint density at radius 1 is 1.27 bits per heavy atom. The van der Waals surface area contributed by atoms with Gasteiger partial charge in [0.05, 0.1) is 0 Å². The zero-order chi connectivity index (χ0) is 17.0. The number of carbonyl (C=O) groups is 2. The molecule has 1 heterocycles. The normalized spacial score (nSPS) is 19.3. The minimum atomic E-state index is -4.97. The van der Waals surface area contributed by atoms with Crippen LogP contribution in [0, 0.1) is 0 Å². The van der Waals surface area contributed by atoms with Gasteiger partial charge in [-0.05, 0) is 19.8 Å². The van der Waals surface area contributed by atoms with Crippen molar-refractivity contribution in [1.29, 1.82) is 0 Å². The van der Waals surface area contributed by atoms with Crippen LogP contribution in [0.4, 0.5) is 13.2 Å². The van der Waals surface area contributed by atoms with E-state index in [2.05, 4.69) is 0 Å². The number of alkyl halides is 3. The molecule has 0 aromatic rings. The van der Waals surface area contributed by atoms with Crippen LogP contribution in [0.5, 0.6) is 0 Å². The topological polar surface area (TPSA) is 83.6 Å². The van der Waals surface area contributed by atoms with Crippen LogP contribution in [0.15, 0.2) is 0 Å². The fourth-order valence-corrected chi connectivity index (χ4v) is 2.92. The third-order valence-electron chi connectivity index (χ3n) is 3.44. The van der Waals surface area contributed by atoms with E-state index in [-0.39, 0.29) is 12.3 Å². The number of rotatable bonds is 4. The third-order valence-corrected chi connectivity index (χ3v) is 5.15. The van der Waals surface area contributed by atoms with Crippen molar-refractivity contribution in [2.24, 2.45) is 0 Å². The van der Waals surface area contributed by atoms with E-state index in [0.717, 1.165) is 12.8 Å². The zero-order valence-corrected chi connectivity index (χ0v) is 13.0. The minimum Gasteiger partial charge on any atom is -0.333 e. The molecule has 0 aromatic carbocycles. The number of hydrogen-bond acceptors (Lipinski definition) is 4. The highest BCUT2D eigenvalue weighted by Crippen LogP contribution is 2.24. The van der Waals surface area contributed by atoms with Gasteiger partial charge in [0.25, 0.3) is 5.91 Å². The summed E-state index contributed by atoms with van der Waals surface area (Å²) in [6.45, 7) is 0.195. The van der Waals surface area contributed by atoms with Crippen molar-refractivity contribution >= 4 is 21.8 Å². The van der Waals surface area contributed by atoms with E-state index in [1.165, 1.54) is 9.62 Å². The van der Waals surface area contributed by atoms with Gasteiger partial charge in [0.2, 0.25) is 15.9 Å². The Morgan fingerprint density at radius 2 is 1.86 bits per heavy atom. The molecular formula is C12H19F3N2O4S. The van der Waals surface area contributed by atoms with Gasteiger partial charge in [-0.15, -0.1) is 0 Å².